The molecule has 0 aromatic heterocycles. The Kier molecular flexibility index (Phi) is 10.8. The largest absolute Gasteiger partial charge is 0.370 e. The topological polar surface area (TPSA) is 154 Å². The molecule has 0 unspecified atom stereocenters. The zero-order chi connectivity index (χ0) is 34.3. The molecule has 1 heterocycles. The Balaban J connectivity index is 1.37. The summed E-state index contributed by atoms with van der Waals surface area (Å²) >= 11 is 0. The Bertz CT molecular complexity index is 1610. The maximum atomic E-state index is 14.4. The van der Waals surface area contributed by atoms with Crippen molar-refractivity contribution in [2.75, 3.05) is 10.6 Å². The molecule has 2 fully saturated rings. The Morgan fingerprint density at radius 2 is 1.40 bits per heavy atom. The number of nitrogens with zero attached hydrogens (tertiary/aromatic N) is 2. The molecule has 252 valence electrons. The van der Waals surface area contributed by atoms with Gasteiger partial charge >= 0.3 is 12.1 Å². The number of nitrogens with one attached hydrogen (secondary N) is 3. The van der Waals surface area contributed by atoms with Crippen molar-refractivity contribution >= 4 is 41.2 Å². The standard InChI is InChI=1S/C37H44N6O5/c1-25(2)22-31(33(45)41-30(23-32(38)44)27-12-6-3-7-13-27)43-34(46)37(20-10-5-11-21-37)42(36(43)48)24-26-16-18-29(19-17-26)40-35(47)39-28-14-8-4-9-15-28/h3-4,6-9,12-19,25,30-31H,5,10-11,20-24H2,1-2H3,(H2,38,44)(H,41,45)(H2,39,40,47)/t30-,31-/m0/s1. The number of carbonyl (C=O) groups is 5. The monoisotopic (exact) mass is 652 g/mol. The van der Waals surface area contributed by atoms with E-state index in [4.69, 9.17) is 5.73 Å². The molecule has 5 N–H and O–H groups in total. The number of primary amides is 1. The summed E-state index contributed by atoms with van der Waals surface area (Å²) in [4.78, 5) is 70.1. The average Bonchev–Trinajstić information content (AvgIpc) is 3.25. The molecular formula is C37H44N6O5. The molecule has 2 atom stereocenters. The third-order valence-corrected chi connectivity index (χ3v) is 9.07. The van der Waals surface area contributed by atoms with Crippen molar-refractivity contribution in [1.29, 1.82) is 0 Å². The van der Waals surface area contributed by atoms with Crippen LogP contribution in [0.1, 0.15) is 76.0 Å². The molecule has 0 radical (unpaired) electrons. The quantitative estimate of drug-likeness (QED) is 0.178. The highest BCUT2D eigenvalue weighted by molar-refractivity contribution is 6.10. The van der Waals surface area contributed by atoms with Crippen LogP contribution in [0.2, 0.25) is 0 Å². The molecule has 1 spiro atoms. The highest BCUT2D eigenvalue weighted by Gasteiger charge is 2.59. The summed E-state index contributed by atoms with van der Waals surface area (Å²) in [5, 5.41) is 8.53. The SMILES string of the molecule is CC(C)C[C@@H](C(=O)N[C@@H](CC(N)=O)c1ccccc1)N1C(=O)N(Cc2ccc(NC(=O)Nc3ccccc3)cc2)C2(CCCCC2)C1=O. The zero-order valence-corrected chi connectivity index (χ0v) is 27.5. The maximum absolute atomic E-state index is 14.4. The van der Waals surface area contributed by atoms with E-state index in [1.807, 2.05) is 50.2 Å². The number of carbonyl (C=O) groups excluding carboxylic acids is 5. The minimum Gasteiger partial charge on any atom is -0.370 e. The molecule has 1 aliphatic heterocycles. The first-order chi connectivity index (χ1) is 23.1. The molecule has 3 aromatic carbocycles. The van der Waals surface area contributed by atoms with Crippen LogP contribution in [0.3, 0.4) is 0 Å². The molecule has 11 nitrogen and oxygen atoms in total. The fourth-order valence-electron chi connectivity index (χ4n) is 6.73. The van der Waals surface area contributed by atoms with Crippen LogP contribution >= 0.6 is 0 Å². The van der Waals surface area contributed by atoms with Crippen LogP contribution in [-0.4, -0.2) is 51.2 Å². The molecule has 2 aliphatic rings. The van der Waals surface area contributed by atoms with Gasteiger partial charge in [0, 0.05) is 17.9 Å². The molecular weight excluding hydrogens is 608 g/mol. The van der Waals surface area contributed by atoms with Crippen LogP contribution in [-0.2, 0) is 20.9 Å². The number of anilines is 2. The number of benzene rings is 3. The minimum absolute atomic E-state index is 0.0110. The number of amides is 7. The van der Waals surface area contributed by atoms with Gasteiger partial charge in [-0.1, -0.05) is 93.8 Å². The predicted octanol–water partition coefficient (Wildman–Crippen LogP) is 5.95. The second-order valence-corrected chi connectivity index (χ2v) is 13.1. The highest BCUT2D eigenvalue weighted by Crippen LogP contribution is 2.43. The second-order valence-electron chi connectivity index (χ2n) is 13.1. The molecule has 0 bridgehead atoms. The summed E-state index contributed by atoms with van der Waals surface area (Å²) in [7, 11) is 0. The lowest BCUT2D eigenvalue weighted by molar-refractivity contribution is -0.141. The molecule has 1 saturated carbocycles. The number of rotatable bonds is 12. The van der Waals surface area contributed by atoms with E-state index in [1.165, 1.54) is 0 Å². The van der Waals surface area contributed by atoms with Crippen LogP contribution in [0.5, 0.6) is 0 Å². The van der Waals surface area contributed by atoms with Crippen LogP contribution in [0.25, 0.3) is 0 Å². The molecule has 5 rings (SSSR count). The van der Waals surface area contributed by atoms with Crippen LogP contribution < -0.4 is 21.7 Å². The minimum atomic E-state index is -1.07. The van der Waals surface area contributed by atoms with Gasteiger partial charge in [0.25, 0.3) is 5.91 Å². The first kappa shape index (κ1) is 34.2. The third-order valence-electron chi connectivity index (χ3n) is 9.07. The number of hydrogen-bond donors (Lipinski definition) is 4. The van der Waals surface area contributed by atoms with E-state index in [-0.39, 0.29) is 37.2 Å². The number of imide groups is 1. The van der Waals surface area contributed by atoms with E-state index in [2.05, 4.69) is 16.0 Å². The second kappa shape index (κ2) is 15.1. The van der Waals surface area contributed by atoms with Crippen molar-refractivity contribution in [2.24, 2.45) is 11.7 Å². The molecule has 3 aromatic rings. The number of urea groups is 2. The predicted molar refractivity (Wildman–Crippen MR) is 184 cm³/mol. The van der Waals surface area contributed by atoms with E-state index >= 15 is 0 Å². The number of nitrogens with two attached hydrogens (primary N) is 1. The lowest BCUT2D eigenvalue weighted by Crippen LogP contribution is -2.53. The summed E-state index contributed by atoms with van der Waals surface area (Å²) in [5.74, 6) is -1.45. The fraction of sp³-hybridized carbons (Fsp3) is 0.378. The molecule has 1 saturated heterocycles. The van der Waals surface area contributed by atoms with Gasteiger partial charge in [0.05, 0.1) is 12.5 Å². The van der Waals surface area contributed by atoms with E-state index in [0.717, 1.165) is 29.7 Å². The normalized spacial score (nSPS) is 16.9. The lowest BCUT2D eigenvalue weighted by atomic mass is 9.80. The van der Waals surface area contributed by atoms with Crippen LogP contribution in [0.4, 0.5) is 21.0 Å². The Morgan fingerprint density at radius 3 is 1.98 bits per heavy atom. The lowest BCUT2D eigenvalue weighted by Gasteiger charge is -2.38. The Morgan fingerprint density at radius 1 is 0.812 bits per heavy atom. The van der Waals surface area contributed by atoms with Crippen molar-refractivity contribution in [3.8, 4) is 0 Å². The van der Waals surface area contributed by atoms with Gasteiger partial charge in [-0.2, -0.15) is 0 Å². The van der Waals surface area contributed by atoms with Gasteiger partial charge in [-0.25, -0.2) is 14.5 Å². The molecule has 1 aliphatic carbocycles. The summed E-state index contributed by atoms with van der Waals surface area (Å²) in [6.45, 7) is 4.04. The molecule has 48 heavy (non-hydrogen) atoms. The van der Waals surface area contributed by atoms with Gasteiger partial charge in [0.1, 0.15) is 11.6 Å². The summed E-state index contributed by atoms with van der Waals surface area (Å²) in [5.41, 5.74) is 7.21. The van der Waals surface area contributed by atoms with Gasteiger partial charge in [-0.3, -0.25) is 14.4 Å². The van der Waals surface area contributed by atoms with Gasteiger partial charge < -0.3 is 26.6 Å². The number of hydrogen-bond acceptors (Lipinski definition) is 5. The van der Waals surface area contributed by atoms with Crippen molar-refractivity contribution < 1.29 is 24.0 Å². The van der Waals surface area contributed by atoms with E-state index in [0.29, 0.717) is 29.8 Å². The van der Waals surface area contributed by atoms with Crippen LogP contribution in [0, 0.1) is 5.92 Å². The smallest absolute Gasteiger partial charge is 0.328 e. The van der Waals surface area contributed by atoms with E-state index in [1.54, 1.807) is 53.4 Å². The fourth-order valence-corrected chi connectivity index (χ4v) is 6.73. The first-order valence-electron chi connectivity index (χ1n) is 16.6. The third kappa shape index (κ3) is 7.84. The van der Waals surface area contributed by atoms with Crippen molar-refractivity contribution in [3.63, 3.8) is 0 Å². The first-order valence-corrected chi connectivity index (χ1v) is 16.6. The van der Waals surface area contributed by atoms with Gasteiger partial charge in [-0.05, 0) is 60.6 Å². The van der Waals surface area contributed by atoms with Gasteiger partial charge in [0.2, 0.25) is 11.8 Å². The molecule has 7 amide bonds. The zero-order valence-electron chi connectivity index (χ0n) is 27.5. The molecule has 11 heteroatoms. The Hall–Kier alpha value is -5.19. The average molecular weight is 653 g/mol. The van der Waals surface area contributed by atoms with Gasteiger partial charge in [-0.15, -0.1) is 0 Å². The maximum Gasteiger partial charge on any atom is 0.328 e. The van der Waals surface area contributed by atoms with Crippen molar-refractivity contribution in [1.82, 2.24) is 15.1 Å². The van der Waals surface area contributed by atoms with E-state index < -0.39 is 35.5 Å². The summed E-state index contributed by atoms with van der Waals surface area (Å²) < 4.78 is 0. The van der Waals surface area contributed by atoms with E-state index in [9.17, 15) is 24.0 Å². The summed E-state index contributed by atoms with van der Waals surface area (Å²) in [6.07, 6.45) is 3.70. The van der Waals surface area contributed by atoms with Gasteiger partial charge in [0.15, 0.2) is 0 Å². The highest BCUT2D eigenvalue weighted by atomic mass is 16.2. The van der Waals surface area contributed by atoms with Crippen molar-refractivity contribution in [2.45, 2.75) is 83.0 Å². The van der Waals surface area contributed by atoms with Crippen molar-refractivity contribution in [3.05, 3.63) is 96.1 Å². The Labute approximate surface area is 281 Å². The summed E-state index contributed by atoms with van der Waals surface area (Å²) in [6, 6.07) is 22.6. The van der Waals surface area contributed by atoms with Crippen LogP contribution in [0.15, 0.2) is 84.9 Å². The number of para-hydroxylation sites is 1.